The van der Waals surface area contributed by atoms with Crippen LogP contribution in [0.4, 0.5) is 0 Å². The van der Waals surface area contributed by atoms with Crippen LogP contribution in [0.2, 0.25) is 0 Å². The highest BCUT2D eigenvalue weighted by Crippen LogP contribution is 2.36. The first-order valence-electron chi connectivity index (χ1n) is 11.9. The fourth-order valence-corrected chi connectivity index (χ4v) is 4.44. The minimum atomic E-state index is -1.30. The fraction of sp³-hybridized carbons (Fsp3) is 0.500. The molecular weight excluding hydrogens is 414 g/mol. The van der Waals surface area contributed by atoms with Crippen LogP contribution in [0.1, 0.15) is 76.5 Å². The molecule has 2 aromatic rings. The van der Waals surface area contributed by atoms with Crippen LogP contribution in [0.5, 0.6) is 5.75 Å². The van der Waals surface area contributed by atoms with Crippen LogP contribution in [-0.2, 0) is 21.4 Å². The molecule has 2 aromatic carbocycles. The zero-order chi connectivity index (χ0) is 24.2. The Morgan fingerprint density at radius 1 is 1.15 bits per heavy atom. The van der Waals surface area contributed by atoms with Gasteiger partial charge in [0.15, 0.2) is 5.60 Å². The average Bonchev–Trinajstić information content (AvgIpc) is 2.77. The van der Waals surface area contributed by atoms with E-state index in [2.05, 4.69) is 45.0 Å². The molecule has 0 aromatic heterocycles. The van der Waals surface area contributed by atoms with Gasteiger partial charge in [-0.2, -0.15) is 0 Å². The lowest BCUT2D eigenvalue weighted by molar-refractivity contribution is -0.152. The quantitative estimate of drug-likeness (QED) is 0.570. The number of nitrogens with zero attached hydrogens (tertiary/aromatic N) is 1. The first kappa shape index (κ1) is 24.8. The third-order valence-electron chi connectivity index (χ3n) is 6.74. The van der Waals surface area contributed by atoms with Crippen molar-refractivity contribution in [1.82, 2.24) is 4.90 Å². The van der Waals surface area contributed by atoms with E-state index in [1.165, 1.54) is 11.1 Å². The molecule has 33 heavy (non-hydrogen) atoms. The molecule has 1 fully saturated rings. The summed E-state index contributed by atoms with van der Waals surface area (Å²) in [4.78, 5) is 26.5. The minimum Gasteiger partial charge on any atom is -0.478 e. The lowest BCUT2D eigenvalue weighted by Crippen LogP contribution is -2.47. The second kappa shape index (κ2) is 9.98. The number of piperidine rings is 1. The van der Waals surface area contributed by atoms with E-state index in [-0.39, 0.29) is 11.3 Å². The summed E-state index contributed by atoms with van der Waals surface area (Å²) in [7, 11) is 0. The van der Waals surface area contributed by atoms with Gasteiger partial charge < -0.3 is 14.7 Å². The normalized spacial score (nSPS) is 18.9. The highest BCUT2D eigenvalue weighted by Gasteiger charge is 2.35. The SMILES string of the molecule is CC(C)c1ccc(CCC(=O)N2CCC[C@@](C)(c3cccc(OC(C)(C)C(=O)O)c3)C2)cc1. The maximum atomic E-state index is 13.0. The number of carbonyl (C=O) groups is 2. The smallest absolute Gasteiger partial charge is 0.347 e. The molecule has 3 rings (SSSR count). The summed E-state index contributed by atoms with van der Waals surface area (Å²) in [5, 5.41) is 9.37. The number of carbonyl (C=O) groups excluding carboxylic acids is 1. The molecule has 0 bridgehead atoms. The molecule has 1 atom stereocenters. The summed E-state index contributed by atoms with van der Waals surface area (Å²) in [5.41, 5.74) is 2.08. The topological polar surface area (TPSA) is 66.8 Å². The van der Waals surface area contributed by atoms with Gasteiger partial charge in [-0.25, -0.2) is 4.79 Å². The highest BCUT2D eigenvalue weighted by molar-refractivity contribution is 5.77. The van der Waals surface area contributed by atoms with E-state index >= 15 is 0 Å². The summed E-state index contributed by atoms with van der Waals surface area (Å²) in [5.74, 6) is 0.223. The maximum absolute atomic E-state index is 13.0. The maximum Gasteiger partial charge on any atom is 0.347 e. The first-order chi connectivity index (χ1) is 15.5. The van der Waals surface area contributed by atoms with Crippen molar-refractivity contribution in [3.8, 4) is 5.75 Å². The van der Waals surface area contributed by atoms with E-state index in [9.17, 15) is 14.7 Å². The lowest BCUT2D eigenvalue weighted by atomic mass is 9.75. The van der Waals surface area contributed by atoms with Gasteiger partial charge in [0.2, 0.25) is 5.91 Å². The number of carboxylic acids is 1. The van der Waals surface area contributed by atoms with Crippen LogP contribution < -0.4 is 4.74 Å². The van der Waals surface area contributed by atoms with Crippen molar-refractivity contribution in [2.24, 2.45) is 0 Å². The number of hydrogen-bond donors (Lipinski definition) is 1. The number of carboxylic acid groups (broad SMARTS) is 1. The zero-order valence-corrected chi connectivity index (χ0v) is 20.6. The van der Waals surface area contributed by atoms with E-state index in [4.69, 9.17) is 4.74 Å². The molecule has 5 nitrogen and oxygen atoms in total. The molecule has 1 saturated heterocycles. The summed E-state index contributed by atoms with van der Waals surface area (Å²) >= 11 is 0. The monoisotopic (exact) mass is 451 g/mol. The van der Waals surface area contributed by atoms with Gasteiger partial charge in [-0.3, -0.25) is 4.79 Å². The first-order valence-corrected chi connectivity index (χ1v) is 11.9. The molecule has 1 aliphatic heterocycles. The summed E-state index contributed by atoms with van der Waals surface area (Å²) in [6, 6.07) is 16.2. The highest BCUT2D eigenvalue weighted by atomic mass is 16.5. The van der Waals surface area contributed by atoms with Crippen LogP contribution in [0.15, 0.2) is 48.5 Å². The number of rotatable bonds is 8. The summed E-state index contributed by atoms with van der Waals surface area (Å²) in [6.45, 7) is 11.1. The zero-order valence-electron chi connectivity index (χ0n) is 20.6. The van der Waals surface area contributed by atoms with E-state index in [1.54, 1.807) is 19.9 Å². The van der Waals surface area contributed by atoms with Crippen LogP contribution >= 0.6 is 0 Å². The van der Waals surface area contributed by atoms with Gasteiger partial charge in [0, 0.05) is 24.9 Å². The Bertz CT molecular complexity index is 980. The molecule has 1 N–H and O–H groups in total. The second-order valence-electron chi connectivity index (χ2n) is 10.3. The number of aliphatic carboxylic acids is 1. The lowest BCUT2D eigenvalue weighted by Gasteiger charge is -2.41. The molecule has 0 unspecified atom stereocenters. The predicted molar refractivity (Wildman–Crippen MR) is 131 cm³/mol. The Balaban J connectivity index is 1.65. The van der Waals surface area contributed by atoms with Crippen molar-refractivity contribution in [3.05, 3.63) is 65.2 Å². The minimum absolute atomic E-state index is 0.188. The summed E-state index contributed by atoms with van der Waals surface area (Å²) < 4.78 is 5.74. The average molecular weight is 452 g/mol. The number of hydrogen-bond acceptors (Lipinski definition) is 3. The van der Waals surface area contributed by atoms with Crippen molar-refractivity contribution in [2.45, 2.75) is 77.2 Å². The molecule has 0 saturated carbocycles. The van der Waals surface area contributed by atoms with Gasteiger partial charge in [-0.1, -0.05) is 57.2 Å². The van der Waals surface area contributed by atoms with Gasteiger partial charge >= 0.3 is 5.97 Å². The predicted octanol–water partition coefficient (Wildman–Crippen LogP) is 5.56. The summed E-state index contributed by atoms with van der Waals surface area (Å²) in [6.07, 6.45) is 3.17. The number of benzene rings is 2. The van der Waals surface area contributed by atoms with Crippen molar-refractivity contribution in [1.29, 1.82) is 0 Å². The largest absolute Gasteiger partial charge is 0.478 e. The van der Waals surface area contributed by atoms with Crippen LogP contribution in [0.3, 0.4) is 0 Å². The van der Waals surface area contributed by atoms with Crippen molar-refractivity contribution in [3.63, 3.8) is 0 Å². The molecule has 1 amide bonds. The number of likely N-dealkylation sites (tertiary alicyclic amines) is 1. The van der Waals surface area contributed by atoms with Crippen LogP contribution in [0.25, 0.3) is 0 Å². The standard InChI is InChI=1S/C28H37NO4/c1-20(2)22-13-10-21(11-14-22)12-15-25(30)29-17-7-16-28(5,19-29)23-8-6-9-24(18-23)33-27(3,4)26(31)32/h6,8-11,13-14,18,20H,7,12,15-17,19H2,1-5H3,(H,31,32)/t28-/m1/s1. The molecule has 178 valence electrons. The Morgan fingerprint density at radius 2 is 1.85 bits per heavy atom. The van der Waals surface area contributed by atoms with Gasteiger partial charge in [-0.15, -0.1) is 0 Å². The van der Waals surface area contributed by atoms with Crippen molar-refractivity contribution >= 4 is 11.9 Å². The van der Waals surface area contributed by atoms with Gasteiger partial charge in [0.25, 0.3) is 0 Å². The van der Waals surface area contributed by atoms with Gasteiger partial charge in [0.1, 0.15) is 5.75 Å². The molecular formula is C28H37NO4. The Hall–Kier alpha value is -2.82. The number of aryl methyl sites for hydroxylation is 1. The van der Waals surface area contributed by atoms with Gasteiger partial charge in [-0.05, 0) is 67.9 Å². The molecule has 0 spiro atoms. The Labute approximate surface area is 197 Å². The van der Waals surface area contributed by atoms with E-state index < -0.39 is 11.6 Å². The molecule has 5 heteroatoms. The van der Waals surface area contributed by atoms with E-state index in [0.29, 0.717) is 24.6 Å². The second-order valence-corrected chi connectivity index (χ2v) is 10.3. The Morgan fingerprint density at radius 3 is 2.48 bits per heavy atom. The van der Waals surface area contributed by atoms with Crippen molar-refractivity contribution < 1.29 is 19.4 Å². The van der Waals surface area contributed by atoms with E-state index in [1.807, 2.05) is 23.1 Å². The van der Waals surface area contributed by atoms with Crippen LogP contribution in [-0.4, -0.2) is 40.6 Å². The van der Waals surface area contributed by atoms with E-state index in [0.717, 1.165) is 31.4 Å². The molecule has 1 heterocycles. The molecule has 1 aliphatic rings. The third-order valence-corrected chi connectivity index (χ3v) is 6.74. The Kier molecular flexibility index (Phi) is 7.51. The number of ether oxygens (including phenoxy) is 1. The molecule has 0 aliphatic carbocycles. The number of amides is 1. The fourth-order valence-electron chi connectivity index (χ4n) is 4.44. The third kappa shape index (κ3) is 6.16. The van der Waals surface area contributed by atoms with Crippen molar-refractivity contribution in [2.75, 3.05) is 13.1 Å². The van der Waals surface area contributed by atoms with Gasteiger partial charge in [0.05, 0.1) is 0 Å². The molecule has 0 radical (unpaired) electrons. The van der Waals surface area contributed by atoms with Crippen LogP contribution in [0, 0.1) is 0 Å².